The summed E-state index contributed by atoms with van der Waals surface area (Å²) in [5.74, 6) is 0.474. The van der Waals surface area contributed by atoms with Crippen LogP contribution in [0.1, 0.15) is 19.4 Å². The maximum Gasteiger partial charge on any atom is 0.258 e. The molecule has 1 aromatic heterocycles. The van der Waals surface area contributed by atoms with E-state index < -0.39 is 5.91 Å². The Hall–Kier alpha value is -2.30. The molecule has 112 valence electrons. The second-order valence-corrected chi connectivity index (χ2v) is 5.53. The van der Waals surface area contributed by atoms with E-state index in [1.54, 1.807) is 36.1 Å². The maximum absolute atomic E-state index is 12.6. The molecule has 0 radical (unpaired) electrons. The SMILES string of the molecule is COc1cccc2c(=O)n(CC(C)C)cc(CC(N)=O)c12. The highest BCUT2D eigenvalue weighted by atomic mass is 16.5. The van der Waals surface area contributed by atoms with Crippen LogP contribution in [0, 0.1) is 5.92 Å². The summed E-state index contributed by atoms with van der Waals surface area (Å²) < 4.78 is 6.97. The van der Waals surface area contributed by atoms with Crippen LogP contribution >= 0.6 is 0 Å². The van der Waals surface area contributed by atoms with Gasteiger partial charge in [0.25, 0.3) is 5.56 Å². The molecule has 1 aromatic carbocycles. The number of rotatable bonds is 5. The molecule has 2 aromatic rings. The minimum atomic E-state index is -0.433. The lowest BCUT2D eigenvalue weighted by molar-refractivity contribution is -0.117. The van der Waals surface area contributed by atoms with Gasteiger partial charge in [0.2, 0.25) is 5.91 Å². The van der Waals surface area contributed by atoms with Crippen molar-refractivity contribution in [2.75, 3.05) is 7.11 Å². The van der Waals surface area contributed by atoms with Crippen molar-refractivity contribution >= 4 is 16.7 Å². The van der Waals surface area contributed by atoms with E-state index in [4.69, 9.17) is 10.5 Å². The second-order valence-electron chi connectivity index (χ2n) is 5.53. The summed E-state index contributed by atoms with van der Waals surface area (Å²) in [6.45, 7) is 4.67. The summed E-state index contributed by atoms with van der Waals surface area (Å²) in [5.41, 5.74) is 5.97. The topological polar surface area (TPSA) is 74.3 Å². The van der Waals surface area contributed by atoms with E-state index in [1.807, 2.05) is 13.8 Å². The lowest BCUT2D eigenvalue weighted by atomic mass is 10.0. The first-order valence-corrected chi connectivity index (χ1v) is 6.91. The lowest BCUT2D eigenvalue weighted by Crippen LogP contribution is -2.24. The van der Waals surface area contributed by atoms with Crippen molar-refractivity contribution in [2.24, 2.45) is 11.7 Å². The van der Waals surface area contributed by atoms with E-state index in [9.17, 15) is 9.59 Å². The van der Waals surface area contributed by atoms with Crippen LogP contribution in [0.2, 0.25) is 0 Å². The van der Waals surface area contributed by atoms with Gasteiger partial charge in [-0.1, -0.05) is 19.9 Å². The van der Waals surface area contributed by atoms with Crippen molar-refractivity contribution in [1.82, 2.24) is 4.57 Å². The van der Waals surface area contributed by atoms with Gasteiger partial charge in [-0.25, -0.2) is 0 Å². The summed E-state index contributed by atoms with van der Waals surface area (Å²) in [5, 5.41) is 1.22. The number of pyridine rings is 1. The molecule has 0 unspecified atom stereocenters. The van der Waals surface area contributed by atoms with Crippen LogP contribution in [0.3, 0.4) is 0 Å². The molecular weight excluding hydrogens is 268 g/mol. The number of nitrogens with two attached hydrogens (primary N) is 1. The Kier molecular flexibility index (Phi) is 4.31. The lowest BCUT2D eigenvalue weighted by Gasteiger charge is -2.15. The fourth-order valence-corrected chi connectivity index (χ4v) is 2.53. The molecule has 0 atom stereocenters. The van der Waals surface area contributed by atoms with Gasteiger partial charge in [-0.2, -0.15) is 0 Å². The van der Waals surface area contributed by atoms with Crippen molar-refractivity contribution in [3.8, 4) is 5.75 Å². The number of methoxy groups -OCH3 is 1. The Morgan fingerprint density at radius 1 is 1.38 bits per heavy atom. The highest BCUT2D eigenvalue weighted by Crippen LogP contribution is 2.27. The van der Waals surface area contributed by atoms with Crippen LogP contribution in [-0.4, -0.2) is 17.6 Å². The van der Waals surface area contributed by atoms with E-state index in [0.717, 1.165) is 5.56 Å². The average Bonchev–Trinajstić information content (AvgIpc) is 2.42. The molecule has 5 heteroatoms. The number of amides is 1. The molecular formula is C16H20N2O3. The van der Waals surface area contributed by atoms with E-state index in [-0.39, 0.29) is 12.0 Å². The van der Waals surface area contributed by atoms with Gasteiger partial charge in [0.1, 0.15) is 5.75 Å². The zero-order valence-electron chi connectivity index (χ0n) is 12.6. The Labute approximate surface area is 123 Å². The normalized spacial score (nSPS) is 11.0. The van der Waals surface area contributed by atoms with Gasteiger partial charge in [0, 0.05) is 18.1 Å². The molecule has 0 spiro atoms. The van der Waals surface area contributed by atoms with Crippen molar-refractivity contribution in [1.29, 1.82) is 0 Å². The molecule has 0 saturated heterocycles. The fourth-order valence-electron chi connectivity index (χ4n) is 2.53. The number of benzene rings is 1. The number of hydrogen-bond donors (Lipinski definition) is 1. The smallest absolute Gasteiger partial charge is 0.258 e. The second kappa shape index (κ2) is 5.99. The van der Waals surface area contributed by atoms with Crippen molar-refractivity contribution in [3.05, 3.63) is 40.3 Å². The number of carbonyl (C=O) groups is 1. The number of nitrogens with zero attached hydrogens (tertiary/aromatic N) is 1. The maximum atomic E-state index is 12.6. The number of aromatic nitrogens is 1. The average molecular weight is 288 g/mol. The number of ether oxygens (including phenoxy) is 1. The van der Waals surface area contributed by atoms with Crippen LogP contribution in [-0.2, 0) is 17.8 Å². The summed E-state index contributed by atoms with van der Waals surface area (Å²) in [6.07, 6.45) is 1.80. The summed E-state index contributed by atoms with van der Waals surface area (Å²) in [6, 6.07) is 5.30. The molecule has 21 heavy (non-hydrogen) atoms. The molecule has 0 saturated carbocycles. The number of carbonyl (C=O) groups excluding carboxylic acids is 1. The third kappa shape index (κ3) is 3.07. The molecule has 2 N–H and O–H groups in total. The van der Waals surface area contributed by atoms with Crippen LogP contribution in [0.25, 0.3) is 10.8 Å². The van der Waals surface area contributed by atoms with Crippen LogP contribution in [0.5, 0.6) is 5.75 Å². The van der Waals surface area contributed by atoms with Gasteiger partial charge < -0.3 is 15.0 Å². The molecule has 0 aliphatic carbocycles. The van der Waals surface area contributed by atoms with E-state index in [1.165, 1.54) is 0 Å². The standard InChI is InChI=1S/C16H20N2O3/c1-10(2)8-18-9-11(7-14(17)19)15-12(16(18)20)5-4-6-13(15)21-3/h4-6,9-10H,7-8H2,1-3H3,(H2,17,19). The van der Waals surface area contributed by atoms with Crippen LogP contribution in [0.4, 0.5) is 0 Å². The van der Waals surface area contributed by atoms with Crippen molar-refractivity contribution in [3.63, 3.8) is 0 Å². The quantitative estimate of drug-likeness (QED) is 0.910. The Bertz CT molecular complexity index is 732. The zero-order chi connectivity index (χ0) is 15.6. The molecule has 0 fully saturated rings. The van der Waals surface area contributed by atoms with Gasteiger partial charge in [-0.05, 0) is 23.6 Å². The van der Waals surface area contributed by atoms with Gasteiger partial charge in [-0.15, -0.1) is 0 Å². The fraction of sp³-hybridized carbons (Fsp3) is 0.375. The number of primary amides is 1. The summed E-state index contributed by atoms with van der Waals surface area (Å²) in [7, 11) is 1.54. The van der Waals surface area contributed by atoms with Gasteiger partial charge in [-0.3, -0.25) is 9.59 Å². The minimum absolute atomic E-state index is 0.0779. The highest BCUT2D eigenvalue weighted by molar-refractivity contribution is 5.93. The predicted octanol–water partition coefficient (Wildman–Crippen LogP) is 1.69. The number of fused-ring (bicyclic) bond motifs is 1. The van der Waals surface area contributed by atoms with Gasteiger partial charge in [0.05, 0.1) is 18.9 Å². The van der Waals surface area contributed by atoms with E-state index >= 15 is 0 Å². The molecule has 0 bridgehead atoms. The first kappa shape index (κ1) is 15.1. The highest BCUT2D eigenvalue weighted by Gasteiger charge is 2.14. The molecule has 5 nitrogen and oxygen atoms in total. The van der Waals surface area contributed by atoms with Gasteiger partial charge >= 0.3 is 0 Å². The monoisotopic (exact) mass is 288 g/mol. The van der Waals surface area contributed by atoms with Gasteiger partial charge in [0.15, 0.2) is 0 Å². The minimum Gasteiger partial charge on any atom is -0.496 e. The Morgan fingerprint density at radius 3 is 2.67 bits per heavy atom. The Balaban J connectivity index is 2.79. The van der Waals surface area contributed by atoms with E-state index in [2.05, 4.69) is 0 Å². The van der Waals surface area contributed by atoms with Crippen LogP contribution < -0.4 is 16.0 Å². The van der Waals surface area contributed by atoms with E-state index in [0.29, 0.717) is 29.0 Å². The molecule has 0 aliphatic rings. The molecule has 1 amide bonds. The molecule has 0 aliphatic heterocycles. The van der Waals surface area contributed by atoms with Crippen molar-refractivity contribution in [2.45, 2.75) is 26.8 Å². The molecule has 2 rings (SSSR count). The largest absolute Gasteiger partial charge is 0.496 e. The predicted molar refractivity (Wildman–Crippen MR) is 82.5 cm³/mol. The molecule has 1 heterocycles. The first-order valence-electron chi connectivity index (χ1n) is 6.91. The third-order valence-corrected chi connectivity index (χ3v) is 3.30. The summed E-state index contributed by atoms with van der Waals surface area (Å²) in [4.78, 5) is 23.9. The zero-order valence-corrected chi connectivity index (χ0v) is 12.6. The first-order chi connectivity index (χ1) is 9.93. The van der Waals surface area contributed by atoms with Crippen molar-refractivity contribution < 1.29 is 9.53 Å². The summed E-state index contributed by atoms with van der Waals surface area (Å²) >= 11 is 0. The Morgan fingerprint density at radius 2 is 2.10 bits per heavy atom. The third-order valence-electron chi connectivity index (χ3n) is 3.30. The van der Waals surface area contributed by atoms with Crippen LogP contribution in [0.15, 0.2) is 29.2 Å². The number of hydrogen-bond acceptors (Lipinski definition) is 3.